The second kappa shape index (κ2) is 8.48. The van der Waals surface area contributed by atoms with Crippen molar-refractivity contribution in [1.29, 1.82) is 0 Å². The third-order valence-corrected chi connectivity index (χ3v) is 6.73. The molecular weight excluding hydrogens is 367 g/mol. The number of nitrogens with one attached hydrogen (secondary N) is 2. The second-order valence-electron chi connectivity index (χ2n) is 9.73. The van der Waals surface area contributed by atoms with Gasteiger partial charge in [-0.15, -0.1) is 5.10 Å². The van der Waals surface area contributed by atoms with Crippen LogP contribution in [0.3, 0.4) is 0 Å². The van der Waals surface area contributed by atoms with Crippen LogP contribution < -0.4 is 9.80 Å². The average molecular weight is 403 g/mol. The zero-order chi connectivity index (χ0) is 20.4. The highest BCUT2D eigenvalue weighted by Gasteiger charge is 2.40. The lowest BCUT2D eigenvalue weighted by molar-refractivity contribution is -1.03. The highest BCUT2D eigenvalue weighted by molar-refractivity contribution is 5.24. The number of hydrogen-bond donors (Lipinski definition) is 2. The van der Waals surface area contributed by atoms with E-state index in [1.807, 2.05) is 16.8 Å². The smallest absolute Gasteiger partial charge is 0.214 e. The number of halogens is 1. The number of piperazine rings is 1. The van der Waals surface area contributed by atoms with E-state index in [9.17, 15) is 4.39 Å². The number of hydrogen-bond acceptors (Lipinski definition) is 3. The molecule has 2 aromatic rings. The lowest BCUT2D eigenvalue weighted by Crippen LogP contribution is -3.29. The number of quaternary nitrogens is 2. The Bertz CT molecular complexity index is 800. The Labute approximate surface area is 173 Å². The monoisotopic (exact) mass is 402 g/mol. The molecule has 0 unspecified atom stereocenters. The van der Waals surface area contributed by atoms with E-state index >= 15 is 0 Å². The van der Waals surface area contributed by atoms with Crippen molar-refractivity contribution < 1.29 is 14.2 Å². The van der Waals surface area contributed by atoms with Crippen LogP contribution in [-0.2, 0) is 5.54 Å². The van der Waals surface area contributed by atoms with Crippen LogP contribution in [0.4, 0.5) is 4.39 Å². The Kier molecular flexibility index (Phi) is 5.97. The normalized spacial score (nSPS) is 25.1. The Morgan fingerprint density at radius 3 is 2.38 bits per heavy atom. The summed E-state index contributed by atoms with van der Waals surface area (Å²) in [5.74, 6) is 0.592. The minimum absolute atomic E-state index is 0.171. The van der Waals surface area contributed by atoms with Gasteiger partial charge in [-0.2, -0.15) is 0 Å². The molecule has 0 spiro atoms. The maximum Gasteiger partial charge on any atom is 0.214 e. The molecule has 0 amide bonds. The van der Waals surface area contributed by atoms with Crippen molar-refractivity contribution in [3.8, 4) is 0 Å². The first-order chi connectivity index (χ1) is 13.9. The first kappa shape index (κ1) is 20.4. The summed E-state index contributed by atoms with van der Waals surface area (Å²) < 4.78 is 16.8. The standard InChI is InChI=1S/C22H33FN6/c1-22(2,3)29-21(24-25-26-29)20(18-11-7-8-12-19(18)23)28-15-13-27(14-16-28)17-9-5-4-6-10-17/h7-8,11-12,17,20H,4-6,9-10,13-16H2,1-3H3/p+2/t20-/m0/s1. The van der Waals surface area contributed by atoms with E-state index in [1.165, 1.54) is 37.0 Å². The molecule has 2 heterocycles. The third kappa shape index (κ3) is 4.36. The maximum atomic E-state index is 14.9. The van der Waals surface area contributed by atoms with E-state index in [4.69, 9.17) is 0 Å². The van der Waals surface area contributed by atoms with Gasteiger partial charge in [-0.1, -0.05) is 18.6 Å². The van der Waals surface area contributed by atoms with Gasteiger partial charge in [0, 0.05) is 0 Å². The molecule has 7 heteroatoms. The fraction of sp³-hybridized carbons (Fsp3) is 0.682. The summed E-state index contributed by atoms with van der Waals surface area (Å²) in [4.78, 5) is 3.12. The van der Waals surface area contributed by atoms with Crippen LogP contribution in [0.5, 0.6) is 0 Å². The van der Waals surface area contributed by atoms with Crippen molar-refractivity contribution in [1.82, 2.24) is 20.2 Å². The molecular formula is C22H35FN6+2. The number of aromatic nitrogens is 4. The van der Waals surface area contributed by atoms with Gasteiger partial charge in [0.2, 0.25) is 5.82 Å². The first-order valence-electron chi connectivity index (χ1n) is 11.2. The number of nitrogens with zero attached hydrogens (tertiary/aromatic N) is 4. The van der Waals surface area contributed by atoms with Gasteiger partial charge in [0.05, 0.1) is 17.1 Å². The zero-order valence-corrected chi connectivity index (χ0v) is 18.0. The molecule has 1 aromatic carbocycles. The summed E-state index contributed by atoms with van der Waals surface area (Å²) in [5.41, 5.74) is 0.445. The molecule has 1 saturated carbocycles. The molecule has 1 aromatic heterocycles. The quantitative estimate of drug-likeness (QED) is 0.795. The van der Waals surface area contributed by atoms with Gasteiger partial charge >= 0.3 is 0 Å². The Morgan fingerprint density at radius 2 is 1.72 bits per heavy atom. The molecule has 1 atom stereocenters. The van der Waals surface area contributed by atoms with Crippen molar-refractivity contribution in [3.05, 3.63) is 41.5 Å². The summed E-state index contributed by atoms with van der Waals surface area (Å²) >= 11 is 0. The van der Waals surface area contributed by atoms with Gasteiger partial charge < -0.3 is 9.80 Å². The molecule has 2 fully saturated rings. The molecule has 6 nitrogen and oxygen atoms in total. The average Bonchev–Trinajstić information content (AvgIpc) is 3.21. The molecule has 2 N–H and O–H groups in total. The highest BCUT2D eigenvalue weighted by atomic mass is 19.1. The van der Waals surface area contributed by atoms with E-state index in [2.05, 4.69) is 36.3 Å². The molecule has 29 heavy (non-hydrogen) atoms. The number of tetrazole rings is 1. The molecule has 158 valence electrons. The fourth-order valence-electron chi connectivity index (χ4n) is 5.20. The number of benzene rings is 1. The van der Waals surface area contributed by atoms with Gasteiger partial charge in [-0.3, -0.25) is 0 Å². The first-order valence-corrected chi connectivity index (χ1v) is 11.2. The highest BCUT2D eigenvalue weighted by Crippen LogP contribution is 2.24. The van der Waals surface area contributed by atoms with Crippen LogP contribution in [0.2, 0.25) is 0 Å². The van der Waals surface area contributed by atoms with E-state index in [0.29, 0.717) is 5.56 Å². The van der Waals surface area contributed by atoms with Crippen LogP contribution in [0.1, 0.15) is 70.3 Å². The van der Waals surface area contributed by atoms with Crippen LogP contribution in [0.15, 0.2) is 24.3 Å². The predicted molar refractivity (Wildman–Crippen MR) is 109 cm³/mol. The fourth-order valence-corrected chi connectivity index (χ4v) is 5.20. The molecule has 1 saturated heterocycles. The van der Waals surface area contributed by atoms with Crippen LogP contribution in [-0.4, -0.2) is 52.4 Å². The SMILES string of the molecule is CC(C)(C)n1nnnc1[C@H](c1ccccc1F)[NH+]1CC[NH+](C2CCCCC2)CC1. The van der Waals surface area contributed by atoms with Crippen molar-refractivity contribution in [2.45, 2.75) is 70.5 Å². The number of rotatable bonds is 4. The Morgan fingerprint density at radius 1 is 1.03 bits per heavy atom. The van der Waals surface area contributed by atoms with Gasteiger partial charge in [0.25, 0.3) is 0 Å². The second-order valence-corrected chi connectivity index (χ2v) is 9.73. The van der Waals surface area contributed by atoms with Crippen molar-refractivity contribution >= 4 is 0 Å². The van der Waals surface area contributed by atoms with Crippen molar-refractivity contribution in [2.75, 3.05) is 26.2 Å². The maximum absolute atomic E-state index is 14.9. The van der Waals surface area contributed by atoms with E-state index in [1.54, 1.807) is 17.0 Å². The van der Waals surface area contributed by atoms with Crippen LogP contribution >= 0.6 is 0 Å². The van der Waals surface area contributed by atoms with Crippen molar-refractivity contribution in [2.24, 2.45) is 0 Å². The minimum Gasteiger partial charge on any atom is -0.323 e. The molecule has 2 aliphatic rings. The minimum atomic E-state index is -0.253. The summed E-state index contributed by atoms with van der Waals surface area (Å²) in [6, 6.07) is 7.75. The van der Waals surface area contributed by atoms with Gasteiger partial charge in [-0.25, -0.2) is 9.07 Å². The lowest BCUT2D eigenvalue weighted by atomic mass is 9.93. The molecule has 1 aliphatic heterocycles. The van der Waals surface area contributed by atoms with Gasteiger partial charge in [0.15, 0.2) is 6.04 Å². The summed E-state index contributed by atoms with van der Waals surface area (Å²) in [7, 11) is 0. The Balaban J connectivity index is 1.61. The molecule has 0 radical (unpaired) electrons. The molecule has 1 aliphatic carbocycles. The van der Waals surface area contributed by atoms with Crippen LogP contribution in [0, 0.1) is 5.82 Å². The summed E-state index contributed by atoms with van der Waals surface area (Å²) in [6.45, 7) is 10.6. The Hall–Kier alpha value is -1.86. The van der Waals surface area contributed by atoms with E-state index < -0.39 is 0 Å². The van der Waals surface area contributed by atoms with Gasteiger partial charge in [-0.05, 0) is 69.0 Å². The lowest BCUT2D eigenvalue weighted by Gasteiger charge is -2.39. The third-order valence-electron chi connectivity index (χ3n) is 6.73. The molecule has 4 rings (SSSR count). The predicted octanol–water partition coefficient (Wildman–Crippen LogP) is 0.773. The summed E-state index contributed by atoms with van der Waals surface area (Å²) in [5, 5.41) is 12.6. The zero-order valence-electron chi connectivity index (χ0n) is 18.0. The van der Waals surface area contributed by atoms with E-state index in [-0.39, 0.29) is 17.4 Å². The van der Waals surface area contributed by atoms with E-state index in [0.717, 1.165) is 38.0 Å². The topological polar surface area (TPSA) is 52.5 Å². The van der Waals surface area contributed by atoms with Gasteiger partial charge in [0.1, 0.15) is 32.0 Å². The summed E-state index contributed by atoms with van der Waals surface area (Å²) in [6.07, 6.45) is 6.88. The largest absolute Gasteiger partial charge is 0.323 e. The van der Waals surface area contributed by atoms with Crippen molar-refractivity contribution in [3.63, 3.8) is 0 Å². The van der Waals surface area contributed by atoms with Crippen LogP contribution in [0.25, 0.3) is 0 Å². The molecule has 0 bridgehead atoms.